The Morgan fingerprint density at radius 2 is 2.06 bits per heavy atom. The lowest BCUT2D eigenvalue weighted by Crippen LogP contribution is -2.59. The zero-order valence-corrected chi connectivity index (χ0v) is 7.95. The molecule has 1 N–H and O–H groups in total. The number of carboxylic acid groups (broad SMARTS) is 1. The van der Waals surface area contributed by atoms with Gasteiger partial charge in [-0.1, -0.05) is 0 Å². The van der Waals surface area contributed by atoms with Crippen molar-refractivity contribution in [3.05, 3.63) is 0 Å². The first-order valence-corrected chi connectivity index (χ1v) is 4.51. The summed E-state index contributed by atoms with van der Waals surface area (Å²) in [7, 11) is 0. The molecule has 1 amide bonds. The zero-order chi connectivity index (χ0) is 12.1. The lowest BCUT2D eigenvalue weighted by atomic mass is 9.99. The number of halogens is 3. The lowest BCUT2D eigenvalue weighted by molar-refractivity contribution is -0.196. The quantitative estimate of drug-likeness (QED) is 0.699. The summed E-state index contributed by atoms with van der Waals surface area (Å²) >= 11 is 0. The fourth-order valence-electron chi connectivity index (χ4n) is 2.13. The fraction of sp³-hybridized carbons (Fsp3) is 0.750. The summed E-state index contributed by atoms with van der Waals surface area (Å²) in [5, 5.41) is 8.93. The Kier molecular flexibility index (Phi) is 2.16. The second-order valence-electron chi connectivity index (χ2n) is 3.89. The minimum atomic E-state index is -5.05. The van der Waals surface area contributed by atoms with Gasteiger partial charge in [0.25, 0.3) is 0 Å². The molecule has 2 rings (SSSR count). The average molecular weight is 239 g/mol. The maximum absolute atomic E-state index is 12.2. The van der Waals surface area contributed by atoms with Crippen LogP contribution in [0.1, 0.15) is 6.42 Å². The molecule has 0 aromatic carbocycles. The zero-order valence-electron chi connectivity index (χ0n) is 7.95. The molecule has 0 saturated carbocycles. The van der Waals surface area contributed by atoms with Crippen molar-refractivity contribution in [3.63, 3.8) is 0 Å². The molecule has 0 spiro atoms. The standard InChI is InChI=1S/C8H8F3NO4/c9-8(10,11)5(13)12-2-4-1-7(12,3-16-4)6(14)15/h4H,1-3H2,(H,14,15). The Bertz CT molecular complexity index is 356. The average Bonchev–Trinajstić information content (AvgIpc) is 2.72. The number of nitrogens with zero attached hydrogens (tertiary/aromatic N) is 1. The van der Waals surface area contributed by atoms with Crippen molar-refractivity contribution < 1.29 is 32.6 Å². The van der Waals surface area contributed by atoms with Crippen LogP contribution in [0.2, 0.25) is 0 Å². The summed E-state index contributed by atoms with van der Waals surface area (Å²) in [4.78, 5) is 22.4. The van der Waals surface area contributed by atoms with E-state index in [-0.39, 0.29) is 19.6 Å². The van der Waals surface area contributed by atoms with Crippen molar-refractivity contribution >= 4 is 11.9 Å². The molecular weight excluding hydrogens is 231 g/mol. The SMILES string of the molecule is O=C(N1CC2CC1(C(=O)O)CO2)C(F)(F)F. The summed E-state index contributed by atoms with van der Waals surface area (Å²) in [6.07, 6.45) is -5.74. The lowest BCUT2D eigenvalue weighted by Gasteiger charge is -2.34. The molecule has 2 fully saturated rings. The Balaban J connectivity index is 2.30. The van der Waals surface area contributed by atoms with Crippen molar-refractivity contribution in [2.45, 2.75) is 24.2 Å². The predicted octanol–water partition coefficient (Wildman–Crippen LogP) is 0.00320. The molecule has 2 bridgehead atoms. The van der Waals surface area contributed by atoms with E-state index in [4.69, 9.17) is 9.84 Å². The number of carbonyl (C=O) groups is 2. The van der Waals surface area contributed by atoms with Gasteiger partial charge in [-0.15, -0.1) is 0 Å². The Morgan fingerprint density at radius 1 is 1.44 bits per heavy atom. The largest absolute Gasteiger partial charge is 0.479 e. The summed E-state index contributed by atoms with van der Waals surface area (Å²) < 4.78 is 41.7. The molecule has 0 radical (unpaired) electrons. The van der Waals surface area contributed by atoms with Crippen LogP contribution < -0.4 is 0 Å². The maximum Gasteiger partial charge on any atom is 0.471 e. The summed E-state index contributed by atoms with van der Waals surface area (Å²) in [6, 6.07) is 0. The van der Waals surface area contributed by atoms with E-state index in [1.807, 2.05) is 0 Å². The van der Waals surface area contributed by atoms with Gasteiger partial charge in [0.1, 0.15) is 0 Å². The molecule has 2 saturated heterocycles. The van der Waals surface area contributed by atoms with Crippen LogP contribution in [0.25, 0.3) is 0 Å². The number of morpholine rings is 1. The molecule has 8 heteroatoms. The van der Waals surface area contributed by atoms with Gasteiger partial charge in [-0.05, 0) is 0 Å². The highest BCUT2D eigenvalue weighted by Crippen LogP contribution is 2.40. The number of likely N-dealkylation sites (tertiary alicyclic amines) is 1. The van der Waals surface area contributed by atoms with E-state index in [9.17, 15) is 22.8 Å². The minimum Gasteiger partial charge on any atom is -0.479 e. The van der Waals surface area contributed by atoms with E-state index in [0.717, 1.165) is 0 Å². The van der Waals surface area contributed by atoms with E-state index < -0.39 is 29.7 Å². The molecule has 0 aliphatic carbocycles. The number of carboxylic acids is 1. The fourth-order valence-corrected chi connectivity index (χ4v) is 2.13. The highest BCUT2D eigenvalue weighted by Gasteiger charge is 2.62. The number of hydrogen-bond donors (Lipinski definition) is 1. The van der Waals surface area contributed by atoms with Crippen LogP contribution in [0.4, 0.5) is 13.2 Å². The van der Waals surface area contributed by atoms with Gasteiger partial charge >= 0.3 is 18.1 Å². The molecule has 90 valence electrons. The highest BCUT2D eigenvalue weighted by atomic mass is 19.4. The van der Waals surface area contributed by atoms with Gasteiger partial charge in [0, 0.05) is 13.0 Å². The van der Waals surface area contributed by atoms with Gasteiger partial charge < -0.3 is 14.7 Å². The second-order valence-corrected chi connectivity index (χ2v) is 3.89. The van der Waals surface area contributed by atoms with Crippen LogP contribution in [-0.4, -0.2) is 52.9 Å². The Labute approximate surface area is 87.8 Å². The van der Waals surface area contributed by atoms with Crippen LogP contribution in [0.5, 0.6) is 0 Å². The predicted molar refractivity (Wildman–Crippen MR) is 42.5 cm³/mol. The van der Waals surface area contributed by atoms with Crippen molar-refractivity contribution in [1.29, 1.82) is 0 Å². The number of aliphatic carboxylic acids is 1. The highest BCUT2D eigenvalue weighted by molar-refractivity contribution is 5.91. The molecule has 2 atom stereocenters. The van der Waals surface area contributed by atoms with E-state index in [0.29, 0.717) is 4.90 Å². The van der Waals surface area contributed by atoms with E-state index in [2.05, 4.69) is 0 Å². The first kappa shape index (κ1) is 11.2. The third-order valence-corrected chi connectivity index (χ3v) is 2.91. The number of fused-ring (bicyclic) bond motifs is 2. The first-order valence-electron chi connectivity index (χ1n) is 4.51. The normalized spacial score (nSPS) is 33.2. The van der Waals surface area contributed by atoms with Gasteiger partial charge in [0.05, 0.1) is 12.7 Å². The number of hydrogen-bond acceptors (Lipinski definition) is 3. The Hall–Kier alpha value is -1.31. The topological polar surface area (TPSA) is 66.8 Å². The third-order valence-electron chi connectivity index (χ3n) is 2.91. The van der Waals surface area contributed by atoms with Crippen molar-refractivity contribution in [1.82, 2.24) is 4.90 Å². The smallest absolute Gasteiger partial charge is 0.471 e. The molecule has 2 aliphatic heterocycles. The molecule has 2 heterocycles. The van der Waals surface area contributed by atoms with Crippen molar-refractivity contribution in [3.8, 4) is 0 Å². The van der Waals surface area contributed by atoms with Crippen LogP contribution in [-0.2, 0) is 14.3 Å². The monoisotopic (exact) mass is 239 g/mol. The van der Waals surface area contributed by atoms with Crippen molar-refractivity contribution in [2.24, 2.45) is 0 Å². The van der Waals surface area contributed by atoms with E-state index in [1.54, 1.807) is 0 Å². The van der Waals surface area contributed by atoms with Gasteiger partial charge in [-0.3, -0.25) is 4.79 Å². The summed E-state index contributed by atoms with van der Waals surface area (Å²) in [5.41, 5.74) is -1.84. The number of amides is 1. The second kappa shape index (κ2) is 3.09. The molecule has 16 heavy (non-hydrogen) atoms. The van der Waals surface area contributed by atoms with Gasteiger partial charge in [-0.2, -0.15) is 13.2 Å². The van der Waals surface area contributed by atoms with Crippen molar-refractivity contribution in [2.75, 3.05) is 13.2 Å². The third kappa shape index (κ3) is 1.36. The number of rotatable bonds is 1. The summed E-state index contributed by atoms with van der Waals surface area (Å²) in [5.74, 6) is -3.56. The van der Waals surface area contributed by atoms with Gasteiger partial charge in [0.15, 0.2) is 5.54 Å². The molecule has 2 aliphatic rings. The maximum atomic E-state index is 12.2. The molecule has 2 unspecified atom stereocenters. The summed E-state index contributed by atoms with van der Waals surface area (Å²) in [6.45, 7) is -0.695. The Morgan fingerprint density at radius 3 is 2.50 bits per heavy atom. The molecule has 5 nitrogen and oxygen atoms in total. The molecular formula is C8H8F3NO4. The van der Waals surface area contributed by atoms with Gasteiger partial charge in [-0.25, -0.2) is 4.79 Å². The van der Waals surface area contributed by atoms with Crippen LogP contribution in [0, 0.1) is 0 Å². The molecule has 0 aromatic heterocycles. The first-order chi connectivity index (χ1) is 7.27. The van der Waals surface area contributed by atoms with E-state index >= 15 is 0 Å². The minimum absolute atomic E-state index is 0.0792. The van der Waals surface area contributed by atoms with Crippen LogP contribution in [0.15, 0.2) is 0 Å². The number of ether oxygens (including phenoxy) is 1. The van der Waals surface area contributed by atoms with Crippen LogP contribution in [0.3, 0.4) is 0 Å². The van der Waals surface area contributed by atoms with Crippen LogP contribution >= 0.6 is 0 Å². The molecule has 0 aromatic rings. The number of carbonyl (C=O) groups excluding carboxylic acids is 1. The van der Waals surface area contributed by atoms with Gasteiger partial charge in [0.2, 0.25) is 0 Å². The van der Waals surface area contributed by atoms with E-state index in [1.165, 1.54) is 0 Å². The number of alkyl halides is 3.